The first-order valence-corrected chi connectivity index (χ1v) is 8.47. The van der Waals surface area contributed by atoms with Crippen molar-refractivity contribution in [2.75, 3.05) is 21.3 Å². The Morgan fingerprint density at radius 2 is 1.72 bits per heavy atom. The topological polar surface area (TPSA) is 119 Å². The molecule has 0 saturated heterocycles. The number of nitro groups is 1. The highest BCUT2D eigenvalue weighted by Gasteiger charge is 2.18. The van der Waals surface area contributed by atoms with Crippen LogP contribution in [0.5, 0.6) is 23.0 Å². The van der Waals surface area contributed by atoms with E-state index in [1.807, 2.05) is 0 Å². The number of hydrogen-bond donors (Lipinski definition) is 0. The summed E-state index contributed by atoms with van der Waals surface area (Å²) >= 11 is 0. The number of aryl methyl sites for hydroxylation is 1. The van der Waals surface area contributed by atoms with E-state index < -0.39 is 4.92 Å². The Kier molecular flexibility index (Phi) is 5.82. The van der Waals surface area contributed by atoms with Gasteiger partial charge < -0.3 is 23.4 Å². The monoisotopic (exact) mass is 401 g/mol. The molecule has 0 bridgehead atoms. The molecule has 0 saturated carbocycles. The summed E-state index contributed by atoms with van der Waals surface area (Å²) in [4.78, 5) is 10.4. The molecule has 29 heavy (non-hydrogen) atoms. The molecule has 0 unspecified atom stereocenters. The fourth-order valence-electron chi connectivity index (χ4n) is 2.70. The number of methoxy groups -OCH3 is 3. The minimum absolute atomic E-state index is 0.00861. The molecule has 3 aromatic rings. The average molecular weight is 401 g/mol. The minimum Gasteiger partial charge on any atom is -0.493 e. The largest absolute Gasteiger partial charge is 0.493 e. The number of rotatable bonds is 8. The maximum absolute atomic E-state index is 10.9. The lowest BCUT2D eigenvalue weighted by molar-refractivity contribution is -0.385. The Hall–Kier alpha value is -3.82. The molecule has 10 heteroatoms. The van der Waals surface area contributed by atoms with Crippen LogP contribution in [0.15, 0.2) is 34.7 Å². The number of nitrogens with zero attached hydrogens (tertiary/aromatic N) is 3. The molecule has 2 aromatic carbocycles. The highest BCUT2D eigenvalue weighted by Crippen LogP contribution is 2.40. The summed E-state index contributed by atoms with van der Waals surface area (Å²) in [7, 11) is 4.54. The second kappa shape index (κ2) is 8.46. The zero-order valence-corrected chi connectivity index (χ0v) is 16.3. The molecule has 0 radical (unpaired) electrons. The maximum atomic E-state index is 10.9. The van der Waals surface area contributed by atoms with Crippen molar-refractivity contribution < 1.29 is 28.3 Å². The molecule has 0 aliphatic carbocycles. The third kappa shape index (κ3) is 4.21. The molecule has 0 aliphatic rings. The van der Waals surface area contributed by atoms with Crippen molar-refractivity contribution >= 4 is 5.69 Å². The predicted octanol–water partition coefficient (Wildman–Crippen LogP) is 3.56. The van der Waals surface area contributed by atoms with Crippen molar-refractivity contribution in [2.24, 2.45) is 0 Å². The summed E-state index contributed by atoms with van der Waals surface area (Å²) in [5.74, 6) is 2.32. The number of hydrogen-bond acceptors (Lipinski definition) is 9. The summed E-state index contributed by atoms with van der Waals surface area (Å²) < 4.78 is 27.2. The zero-order valence-electron chi connectivity index (χ0n) is 16.3. The van der Waals surface area contributed by atoms with E-state index in [9.17, 15) is 10.1 Å². The van der Waals surface area contributed by atoms with Crippen LogP contribution in [-0.2, 0) is 6.61 Å². The molecule has 152 valence electrons. The van der Waals surface area contributed by atoms with Crippen molar-refractivity contribution in [3.05, 3.63) is 51.9 Å². The Labute approximate surface area is 166 Å². The van der Waals surface area contributed by atoms with E-state index in [1.165, 1.54) is 33.5 Å². The normalized spacial score (nSPS) is 10.5. The van der Waals surface area contributed by atoms with Gasteiger partial charge in [-0.25, -0.2) is 0 Å². The van der Waals surface area contributed by atoms with Gasteiger partial charge in [0, 0.05) is 17.2 Å². The van der Waals surface area contributed by atoms with Crippen LogP contribution in [0.4, 0.5) is 5.69 Å². The van der Waals surface area contributed by atoms with Crippen LogP contribution < -0.4 is 18.9 Å². The lowest BCUT2D eigenvalue weighted by Crippen LogP contribution is -1.97. The second-order valence-corrected chi connectivity index (χ2v) is 5.91. The van der Waals surface area contributed by atoms with Gasteiger partial charge in [0.25, 0.3) is 11.6 Å². The average Bonchev–Trinajstić information content (AvgIpc) is 3.20. The Balaban J connectivity index is 1.78. The standard InChI is InChI=1S/C19H19N3O7/c1-11-7-13(5-6-14(11)22(23)24)28-10-17-20-21-19(29-17)12-8-15(25-2)18(27-4)16(9-12)26-3/h5-9H,10H2,1-4H3. The highest BCUT2D eigenvalue weighted by molar-refractivity contribution is 5.65. The summed E-state index contributed by atoms with van der Waals surface area (Å²) in [5.41, 5.74) is 1.11. The quantitative estimate of drug-likeness (QED) is 0.412. The van der Waals surface area contributed by atoms with Gasteiger partial charge in [-0.2, -0.15) is 0 Å². The van der Waals surface area contributed by atoms with Crippen LogP contribution in [0.3, 0.4) is 0 Å². The van der Waals surface area contributed by atoms with Gasteiger partial charge in [-0.1, -0.05) is 0 Å². The number of benzene rings is 2. The molecule has 0 spiro atoms. The molecule has 10 nitrogen and oxygen atoms in total. The first-order chi connectivity index (χ1) is 14.0. The van der Waals surface area contributed by atoms with E-state index in [0.29, 0.717) is 34.1 Å². The van der Waals surface area contributed by atoms with Crippen LogP contribution in [0.1, 0.15) is 11.5 Å². The Morgan fingerprint density at radius 1 is 1.03 bits per heavy atom. The van der Waals surface area contributed by atoms with E-state index in [2.05, 4.69) is 10.2 Å². The third-order valence-electron chi connectivity index (χ3n) is 4.11. The summed E-state index contributed by atoms with van der Waals surface area (Å²) in [6.07, 6.45) is 0. The van der Waals surface area contributed by atoms with Gasteiger partial charge in [0.2, 0.25) is 11.6 Å². The van der Waals surface area contributed by atoms with Crippen LogP contribution in [-0.4, -0.2) is 36.5 Å². The highest BCUT2D eigenvalue weighted by atomic mass is 16.6. The molecule has 0 N–H and O–H groups in total. The lowest BCUT2D eigenvalue weighted by Gasteiger charge is -2.12. The maximum Gasteiger partial charge on any atom is 0.272 e. The molecule has 0 fully saturated rings. The van der Waals surface area contributed by atoms with Gasteiger partial charge in [-0.3, -0.25) is 10.1 Å². The Morgan fingerprint density at radius 3 is 2.28 bits per heavy atom. The van der Waals surface area contributed by atoms with Crippen LogP contribution in [0.25, 0.3) is 11.5 Å². The van der Waals surface area contributed by atoms with Crippen LogP contribution in [0, 0.1) is 17.0 Å². The van der Waals surface area contributed by atoms with Gasteiger partial charge in [0.15, 0.2) is 18.1 Å². The van der Waals surface area contributed by atoms with Gasteiger partial charge in [0.1, 0.15) is 5.75 Å². The summed E-state index contributed by atoms with van der Waals surface area (Å²) in [6, 6.07) is 7.87. The number of nitro benzene ring substituents is 1. The smallest absolute Gasteiger partial charge is 0.272 e. The van der Waals surface area contributed by atoms with Crippen molar-refractivity contribution in [3.63, 3.8) is 0 Å². The molecular formula is C19H19N3O7. The SMILES string of the molecule is COc1cc(-c2nnc(COc3ccc([N+](=O)[O-])c(C)c3)o2)cc(OC)c1OC. The van der Waals surface area contributed by atoms with Crippen molar-refractivity contribution in [3.8, 4) is 34.5 Å². The first kappa shape index (κ1) is 19.9. The van der Waals surface area contributed by atoms with E-state index in [4.69, 9.17) is 23.4 Å². The van der Waals surface area contributed by atoms with Crippen molar-refractivity contribution in [1.29, 1.82) is 0 Å². The minimum atomic E-state index is -0.444. The summed E-state index contributed by atoms with van der Waals surface area (Å²) in [5, 5.41) is 18.9. The molecular weight excluding hydrogens is 382 g/mol. The number of ether oxygens (including phenoxy) is 4. The van der Waals surface area contributed by atoms with Gasteiger partial charge in [-0.15, -0.1) is 10.2 Å². The molecule has 1 heterocycles. The molecule has 0 aliphatic heterocycles. The van der Waals surface area contributed by atoms with Gasteiger partial charge in [-0.05, 0) is 31.2 Å². The van der Waals surface area contributed by atoms with Gasteiger partial charge >= 0.3 is 0 Å². The third-order valence-corrected chi connectivity index (χ3v) is 4.11. The van der Waals surface area contributed by atoms with E-state index >= 15 is 0 Å². The molecule has 0 amide bonds. The predicted molar refractivity (Wildman–Crippen MR) is 102 cm³/mol. The van der Waals surface area contributed by atoms with Crippen LogP contribution >= 0.6 is 0 Å². The lowest BCUT2D eigenvalue weighted by atomic mass is 10.2. The molecule has 1 aromatic heterocycles. The van der Waals surface area contributed by atoms with Crippen molar-refractivity contribution in [2.45, 2.75) is 13.5 Å². The molecule has 3 rings (SSSR count). The summed E-state index contributed by atoms with van der Waals surface area (Å²) in [6.45, 7) is 1.65. The fourth-order valence-corrected chi connectivity index (χ4v) is 2.70. The van der Waals surface area contributed by atoms with Crippen LogP contribution in [0.2, 0.25) is 0 Å². The van der Waals surface area contributed by atoms with Crippen molar-refractivity contribution in [1.82, 2.24) is 10.2 Å². The fraction of sp³-hybridized carbons (Fsp3) is 0.263. The first-order valence-electron chi connectivity index (χ1n) is 8.47. The second-order valence-electron chi connectivity index (χ2n) is 5.91. The Bertz CT molecular complexity index is 1010. The van der Waals surface area contributed by atoms with E-state index in [0.717, 1.165) is 0 Å². The van der Waals surface area contributed by atoms with Gasteiger partial charge in [0.05, 0.1) is 26.3 Å². The van der Waals surface area contributed by atoms with E-state index in [1.54, 1.807) is 25.1 Å². The number of aromatic nitrogens is 2. The molecule has 0 atom stereocenters. The zero-order chi connectivity index (χ0) is 21.0. The van der Waals surface area contributed by atoms with E-state index in [-0.39, 0.29) is 24.1 Å².